The van der Waals surface area contributed by atoms with Crippen molar-refractivity contribution in [2.24, 2.45) is 0 Å². The number of fused-ring (bicyclic) bond motifs is 1. The summed E-state index contributed by atoms with van der Waals surface area (Å²) in [5, 5.41) is 2.80. The molecule has 1 aromatic heterocycles. The standard InChI is InChI=1S/C21H22N4O3/c26-19(14-25-18-7-3-2-6-17(18)23-20(27)21(25)28)22-15-8-10-16(11-9-15)24-12-4-1-5-13-24/h2-3,6-11H,1,4-5,12-14H2,(H,22,26)(H,23,27). The highest BCUT2D eigenvalue weighted by atomic mass is 16.2. The molecule has 0 bridgehead atoms. The predicted octanol–water partition coefficient (Wildman–Crippen LogP) is 2.32. The number of anilines is 2. The molecular weight excluding hydrogens is 356 g/mol. The van der Waals surface area contributed by atoms with Gasteiger partial charge < -0.3 is 15.2 Å². The summed E-state index contributed by atoms with van der Waals surface area (Å²) in [6.07, 6.45) is 3.69. The molecule has 7 nitrogen and oxygen atoms in total. The average Bonchev–Trinajstić information content (AvgIpc) is 2.72. The lowest BCUT2D eigenvalue weighted by molar-refractivity contribution is -0.116. The quantitative estimate of drug-likeness (QED) is 0.682. The molecule has 2 aromatic carbocycles. The second kappa shape index (κ2) is 7.72. The number of nitrogens with zero attached hydrogens (tertiary/aromatic N) is 2. The summed E-state index contributed by atoms with van der Waals surface area (Å²) in [7, 11) is 0. The van der Waals surface area contributed by atoms with Crippen molar-refractivity contribution in [3.8, 4) is 0 Å². The van der Waals surface area contributed by atoms with E-state index in [9.17, 15) is 14.4 Å². The first-order chi connectivity index (χ1) is 13.6. The van der Waals surface area contributed by atoms with Crippen molar-refractivity contribution in [2.75, 3.05) is 23.3 Å². The van der Waals surface area contributed by atoms with Crippen molar-refractivity contribution < 1.29 is 4.79 Å². The molecule has 0 saturated carbocycles. The van der Waals surface area contributed by atoms with Crippen molar-refractivity contribution >= 4 is 28.3 Å². The number of hydrogen-bond donors (Lipinski definition) is 2. The smallest absolute Gasteiger partial charge is 0.317 e. The highest BCUT2D eigenvalue weighted by molar-refractivity contribution is 5.91. The molecule has 0 spiro atoms. The zero-order chi connectivity index (χ0) is 19.5. The minimum atomic E-state index is -0.741. The van der Waals surface area contributed by atoms with Gasteiger partial charge in [0, 0.05) is 24.5 Å². The van der Waals surface area contributed by atoms with Crippen LogP contribution in [0.2, 0.25) is 0 Å². The minimum Gasteiger partial charge on any atom is -0.372 e. The highest BCUT2D eigenvalue weighted by Crippen LogP contribution is 2.21. The van der Waals surface area contributed by atoms with E-state index in [1.807, 2.05) is 24.3 Å². The van der Waals surface area contributed by atoms with Crippen LogP contribution >= 0.6 is 0 Å². The number of H-pyrrole nitrogens is 1. The van der Waals surface area contributed by atoms with Crippen LogP contribution in [0.3, 0.4) is 0 Å². The number of carbonyl (C=O) groups excluding carboxylic acids is 1. The highest BCUT2D eigenvalue weighted by Gasteiger charge is 2.13. The summed E-state index contributed by atoms with van der Waals surface area (Å²) in [6, 6.07) is 14.6. The molecule has 144 valence electrons. The molecule has 1 amide bonds. The lowest BCUT2D eigenvalue weighted by atomic mass is 10.1. The molecule has 2 N–H and O–H groups in total. The van der Waals surface area contributed by atoms with Gasteiger partial charge in [-0.05, 0) is 55.7 Å². The molecule has 0 atom stereocenters. The van der Waals surface area contributed by atoms with Gasteiger partial charge in [-0.3, -0.25) is 19.0 Å². The maximum Gasteiger partial charge on any atom is 0.317 e. The second-order valence-electron chi connectivity index (χ2n) is 7.01. The van der Waals surface area contributed by atoms with Crippen LogP contribution in [-0.2, 0) is 11.3 Å². The van der Waals surface area contributed by atoms with E-state index in [2.05, 4.69) is 15.2 Å². The summed E-state index contributed by atoms with van der Waals surface area (Å²) in [6.45, 7) is 1.89. The molecule has 1 aliphatic heterocycles. The third kappa shape index (κ3) is 3.69. The molecule has 0 aliphatic carbocycles. The van der Waals surface area contributed by atoms with Crippen molar-refractivity contribution in [1.29, 1.82) is 0 Å². The average molecular weight is 378 g/mol. The van der Waals surface area contributed by atoms with Crippen LogP contribution in [0.4, 0.5) is 11.4 Å². The van der Waals surface area contributed by atoms with Crippen LogP contribution in [0, 0.1) is 0 Å². The maximum absolute atomic E-state index is 12.5. The summed E-state index contributed by atoms with van der Waals surface area (Å²) in [5.41, 5.74) is 1.36. The van der Waals surface area contributed by atoms with E-state index >= 15 is 0 Å². The number of carbonyl (C=O) groups is 1. The molecule has 4 rings (SSSR count). The Morgan fingerprint density at radius 1 is 0.964 bits per heavy atom. The Balaban J connectivity index is 1.51. The summed E-state index contributed by atoms with van der Waals surface area (Å²) < 4.78 is 1.20. The van der Waals surface area contributed by atoms with Gasteiger partial charge in [-0.2, -0.15) is 0 Å². The first-order valence-electron chi connectivity index (χ1n) is 9.48. The Bertz CT molecular complexity index is 1110. The number of aromatic amines is 1. The Morgan fingerprint density at radius 3 is 2.43 bits per heavy atom. The SMILES string of the molecule is O=C(Cn1c(=O)c(=O)[nH]c2ccccc21)Nc1ccc(N2CCCCC2)cc1. The van der Waals surface area contributed by atoms with Crippen LogP contribution in [0.25, 0.3) is 11.0 Å². The Hall–Kier alpha value is -3.35. The summed E-state index contributed by atoms with van der Waals surface area (Å²) >= 11 is 0. The first-order valence-corrected chi connectivity index (χ1v) is 9.48. The third-order valence-electron chi connectivity index (χ3n) is 5.06. The lowest BCUT2D eigenvalue weighted by Gasteiger charge is -2.28. The number of amides is 1. The van der Waals surface area contributed by atoms with Crippen molar-refractivity contribution in [2.45, 2.75) is 25.8 Å². The van der Waals surface area contributed by atoms with Crippen LogP contribution in [0.15, 0.2) is 58.1 Å². The molecule has 7 heteroatoms. The van der Waals surface area contributed by atoms with Gasteiger partial charge in [0.15, 0.2) is 0 Å². The van der Waals surface area contributed by atoms with Gasteiger partial charge in [-0.15, -0.1) is 0 Å². The van der Waals surface area contributed by atoms with Gasteiger partial charge in [0.1, 0.15) is 6.54 Å². The van der Waals surface area contributed by atoms with Crippen LogP contribution in [0.5, 0.6) is 0 Å². The van der Waals surface area contributed by atoms with E-state index in [1.54, 1.807) is 24.3 Å². The number of piperidine rings is 1. The normalized spacial score (nSPS) is 14.2. The van der Waals surface area contributed by atoms with Gasteiger partial charge in [0.05, 0.1) is 11.0 Å². The fourth-order valence-electron chi connectivity index (χ4n) is 3.63. The monoisotopic (exact) mass is 378 g/mol. The van der Waals surface area contributed by atoms with Gasteiger partial charge in [0.2, 0.25) is 5.91 Å². The van der Waals surface area contributed by atoms with Gasteiger partial charge in [-0.1, -0.05) is 12.1 Å². The summed E-state index contributed by atoms with van der Waals surface area (Å²) in [4.78, 5) is 41.4. The van der Waals surface area contributed by atoms with Crippen LogP contribution in [0.1, 0.15) is 19.3 Å². The second-order valence-corrected chi connectivity index (χ2v) is 7.01. The zero-order valence-corrected chi connectivity index (χ0v) is 15.5. The Kier molecular flexibility index (Phi) is 4.97. The lowest BCUT2D eigenvalue weighted by Crippen LogP contribution is -2.38. The minimum absolute atomic E-state index is 0.225. The van der Waals surface area contributed by atoms with E-state index in [0.717, 1.165) is 18.8 Å². The maximum atomic E-state index is 12.5. The molecule has 1 saturated heterocycles. The Morgan fingerprint density at radius 2 is 1.68 bits per heavy atom. The van der Waals surface area contributed by atoms with E-state index < -0.39 is 11.1 Å². The van der Waals surface area contributed by atoms with E-state index in [-0.39, 0.29) is 12.5 Å². The zero-order valence-electron chi connectivity index (χ0n) is 15.5. The summed E-state index contributed by atoms with van der Waals surface area (Å²) in [5.74, 6) is -0.358. The molecule has 1 aliphatic rings. The number of aromatic nitrogens is 2. The van der Waals surface area contributed by atoms with Crippen molar-refractivity contribution in [1.82, 2.24) is 9.55 Å². The molecule has 3 aromatic rings. The molecule has 0 unspecified atom stereocenters. The number of nitrogens with one attached hydrogen (secondary N) is 2. The number of rotatable bonds is 4. The largest absolute Gasteiger partial charge is 0.372 e. The van der Waals surface area contributed by atoms with Crippen LogP contribution in [-0.4, -0.2) is 28.5 Å². The molecular formula is C21H22N4O3. The van der Waals surface area contributed by atoms with Gasteiger partial charge in [-0.25, -0.2) is 0 Å². The topological polar surface area (TPSA) is 87.2 Å². The molecule has 2 heterocycles. The predicted molar refractivity (Wildman–Crippen MR) is 110 cm³/mol. The molecule has 0 radical (unpaired) electrons. The molecule has 1 fully saturated rings. The fraction of sp³-hybridized carbons (Fsp3) is 0.286. The van der Waals surface area contributed by atoms with Crippen molar-refractivity contribution in [3.05, 3.63) is 69.2 Å². The van der Waals surface area contributed by atoms with E-state index in [4.69, 9.17) is 0 Å². The third-order valence-corrected chi connectivity index (χ3v) is 5.06. The van der Waals surface area contributed by atoms with Crippen molar-refractivity contribution in [3.63, 3.8) is 0 Å². The fourth-order valence-corrected chi connectivity index (χ4v) is 3.63. The van der Waals surface area contributed by atoms with Crippen LogP contribution < -0.4 is 21.3 Å². The number of hydrogen-bond acceptors (Lipinski definition) is 4. The molecule has 28 heavy (non-hydrogen) atoms. The van der Waals surface area contributed by atoms with Gasteiger partial charge >= 0.3 is 11.1 Å². The van der Waals surface area contributed by atoms with Gasteiger partial charge in [0.25, 0.3) is 0 Å². The Labute approximate surface area is 161 Å². The number of benzene rings is 2. The number of para-hydroxylation sites is 2. The first kappa shape index (κ1) is 18.0. The van der Waals surface area contributed by atoms with E-state index in [1.165, 1.54) is 23.8 Å². The van der Waals surface area contributed by atoms with E-state index in [0.29, 0.717) is 16.7 Å².